The molecule has 4 heteroatoms. The van der Waals surface area contributed by atoms with Gasteiger partial charge in [0.25, 0.3) is 0 Å². The second kappa shape index (κ2) is 7.44. The van der Waals surface area contributed by atoms with Gasteiger partial charge in [0.2, 0.25) is 0 Å². The molecule has 0 atom stereocenters. The molecule has 5 aromatic rings. The summed E-state index contributed by atoms with van der Waals surface area (Å²) in [6.07, 6.45) is 0. The maximum absolute atomic E-state index is 9.61. The monoisotopic (exact) mass is 451 g/mol. The van der Waals surface area contributed by atoms with Crippen LogP contribution in [0, 0.1) is 0 Å². The molecule has 3 nitrogen and oxygen atoms in total. The Morgan fingerprint density at radius 1 is 0.486 bits per heavy atom. The number of fused-ring (bicyclic) bond motifs is 9. The lowest BCUT2D eigenvalue weighted by molar-refractivity contribution is 0.426. The third kappa shape index (κ3) is 2.64. The van der Waals surface area contributed by atoms with Crippen molar-refractivity contribution in [3.8, 4) is 11.1 Å². The Bertz CT molecular complexity index is 1500. The predicted molar refractivity (Wildman–Crippen MR) is 142 cm³/mol. The van der Waals surface area contributed by atoms with Crippen LogP contribution in [-0.2, 0) is 5.41 Å². The molecular weight excluding hydrogens is 429 g/mol. The van der Waals surface area contributed by atoms with E-state index in [0.717, 1.165) is 17.1 Å². The van der Waals surface area contributed by atoms with Crippen LogP contribution in [0.15, 0.2) is 121 Å². The van der Waals surface area contributed by atoms with Gasteiger partial charge < -0.3 is 14.9 Å². The summed E-state index contributed by atoms with van der Waals surface area (Å²) in [4.78, 5) is 2.28. The Morgan fingerprint density at radius 2 is 0.914 bits per heavy atom. The van der Waals surface area contributed by atoms with Gasteiger partial charge in [-0.2, -0.15) is 0 Å². The van der Waals surface area contributed by atoms with Gasteiger partial charge in [0.05, 0.1) is 16.8 Å². The first-order valence-corrected chi connectivity index (χ1v) is 11.9. The van der Waals surface area contributed by atoms with Gasteiger partial charge in [0.1, 0.15) is 0 Å². The average molecular weight is 451 g/mol. The normalized spacial score (nSPS) is 14.2. The van der Waals surface area contributed by atoms with Crippen LogP contribution in [0.3, 0.4) is 0 Å². The van der Waals surface area contributed by atoms with Gasteiger partial charge in [-0.15, -0.1) is 0 Å². The van der Waals surface area contributed by atoms with Gasteiger partial charge in [-0.1, -0.05) is 97.1 Å². The summed E-state index contributed by atoms with van der Waals surface area (Å²) < 4.78 is 0. The molecule has 1 heterocycles. The first-order chi connectivity index (χ1) is 17.2. The van der Waals surface area contributed by atoms with Crippen molar-refractivity contribution >= 4 is 29.6 Å². The minimum Gasteiger partial charge on any atom is -0.423 e. The van der Waals surface area contributed by atoms with Crippen molar-refractivity contribution < 1.29 is 10.0 Å². The van der Waals surface area contributed by atoms with E-state index in [1.807, 2.05) is 12.1 Å². The summed E-state index contributed by atoms with van der Waals surface area (Å²) in [7, 11) is -1.49. The van der Waals surface area contributed by atoms with E-state index < -0.39 is 12.5 Å². The molecular formula is C31H22BNO2. The first kappa shape index (κ1) is 20.3. The molecule has 0 aromatic heterocycles. The number of para-hydroxylation sites is 2. The molecule has 166 valence electrons. The number of rotatable bonds is 2. The van der Waals surface area contributed by atoms with Crippen molar-refractivity contribution in [3.63, 3.8) is 0 Å². The molecule has 0 bridgehead atoms. The fraction of sp³-hybridized carbons (Fsp3) is 0.0323. The molecule has 7 rings (SSSR count). The van der Waals surface area contributed by atoms with Crippen molar-refractivity contribution in [2.75, 3.05) is 4.90 Å². The number of anilines is 3. The van der Waals surface area contributed by atoms with E-state index in [0.29, 0.717) is 5.46 Å². The highest BCUT2D eigenvalue weighted by Gasteiger charge is 2.51. The highest BCUT2D eigenvalue weighted by atomic mass is 16.4. The molecule has 5 aromatic carbocycles. The van der Waals surface area contributed by atoms with Crippen LogP contribution in [0.4, 0.5) is 17.1 Å². The van der Waals surface area contributed by atoms with E-state index >= 15 is 0 Å². The lowest BCUT2D eigenvalue weighted by Crippen LogP contribution is -2.36. The molecule has 1 spiro atoms. The van der Waals surface area contributed by atoms with E-state index in [9.17, 15) is 10.0 Å². The van der Waals surface area contributed by atoms with Gasteiger partial charge in [-0.25, -0.2) is 0 Å². The summed E-state index contributed by atoms with van der Waals surface area (Å²) in [5.41, 5.74) is 10.9. The van der Waals surface area contributed by atoms with E-state index in [2.05, 4.69) is 102 Å². The van der Waals surface area contributed by atoms with Gasteiger partial charge in [-0.05, 0) is 63.1 Å². The fourth-order valence-corrected chi connectivity index (χ4v) is 6.14. The summed E-state index contributed by atoms with van der Waals surface area (Å²) in [5.74, 6) is 0. The first-order valence-electron chi connectivity index (χ1n) is 11.9. The van der Waals surface area contributed by atoms with E-state index in [1.165, 1.54) is 33.4 Å². The van der Waals surface area contributed by atoms with Crippen LogP contribution in [0.25, 0.3) is 11.1 Å². The highest BCUT2D eigenvalue weighted by Crippen LogP contribution is 2.63. The summed E-state index contributed by atoms with van der Waals surface area (Å²) >= 11 is 0. The lowest BCUT2D eigenvalue weighted by atomic mass is 9.64. The van der Waals surface area contributed by atoms with Gasteiger partial charge >= 0.3 is 7.12 Å². The van der Waals surface area contributed by atoms with Crippen LogP contribution in [0.5, 0.6) is 0 Å². The molecule has 2 aliphatic rings. The molecule has 1 aliphatic carbocycles. The lowest BCUT2D eigenvalue weighted by Gasteiger charge is -2.45. The SMILES string of the molecule is OB(O)c1ccc(N2c3ccccc3C3(c4ccccc4-c4ccccc43)c3ccccc32)cc1. The smallest absolute Gasteiger partial charge is 0.423 e. The van der Waals surface area contributed by atoms with E-state index in [1.54, 1.807) is 12.1 Å². The average Bonchev–Trinajstić information content (AvgIpc) is 3.21. The Hall–Kier alpha value is -4.12. The molecule has 0 unspecified atom stereocenters. The molecule has 35 heavy (non-hydrogen) atoms. The third-order valence-electron chi connectivity index (χ3n) is 7.50. The second-order valence-electron chi connectivity index (χ2n) is 9.18. The summed E-state index contributed by atoms with van der Waals surface area (Å²) in [6, 6.07) is 42.3. The van der Waals surface area contributed by atoms with Gasteiger partial charge in [-0.3, -0.25) is 0 Å². The Morgan fingerprint density at radius 3 is 1.40 bits per heavy atom. The maximum atomic E-state index is 9.61. The maximum Gasteiger partial charge on any atom is 0.488 e. The molecule has 2 N–H and O–H groups in total. The minimum atomic E-state index is -1.49. The highest BCUT2D eigenvalue weighted by molar-refractivity contribution is 6.58. The van der Waals surface area contributed by atoms with Crippen LogP contribution < -0.4 is 10.4 Å². The number of hydrogen-bond donors (Lipinski definition) is 2. The largest absolute Gasteiger partial charge is 0.488 e. The quantitative estimate of drug-likeness (QED) is 0.341. The third-order valence-corrected chi connectivity index (χ3v) is 7.50. The number of benzene rings is 5. The van der Waals surface area contributed by atoms with Crippen molar-refractivity contribution in [1.82, 2.24) is 0 Å². The van der Waals surface area contributed by atoms with Crippen LogP contribution in [-0.4, -0.2) is 17.2 Å². The number of hydrogen-bond acceptors (Lipinski definition) is 3. The van der Waals surface area contributed by atoms with Crippen LogP contribution in [0.2, 0.25) is 0 Å². The molecule has 0 fully saturated rings. The molecule has 0 saturated heterocycles. The summed E-state index contributed by atoms with van der Waals surface area (Å²) in [5, 5.41) is 19.2. The molecule has 0 amide bonds. The Labute approximate surface area is 204 Å². The number of nitrogens with zero attached hydrogens (tertiary/aromatic N) is 1. The zero-order chi connectivity index (χ0) is 23.6. The molecule has 0 radical (unpaired) electrons. The van der Waals surface area contributed by atoms with Crippen LogP contribution in [0.1, 0.15) is 22.3 Å². The standard InChI is InChI=1S/C31H22BNO2/c34-32(35)21-17-19-22(20-18-21)33-29-15-7-5-13-27(29)31(28-14-6-8-16-30(28)33)25-11-3-1-9-23(25)24-10-2-4-12-26(24)31/h1-20,34-35H. The van der Waals surface area contributed by atoms with Crippen molar-refractivity contribution in [2.24, 2.45) is 0 Å². The van der Waals surface area contributed by atoms with E-state index in [4.69, 9.17) is 0 Å². The van der Waals surface area contributed by atoms with Crippen LogP contribution >= 0.6 is 0 Å². The predicted octanol–water partition coefficient (Wildman–Crippen LogP) is 5.51. The van der Waals surface area contributed by atoms with E-state index in [-0.39, 0.29) is 0 Å². The Balaban J connectivity index is 1.58. The summed E-state index contributed by atoms with van der Waals surface area (Å²) in [6.45, 7) is 0. The molecule has 1 aliphatic heterocycles. The molecule has 0 saturated carbocycles. The zero-order valence-corrected chi connectivity index (χ0v) is 19.0. The van der Waals surface area contributed by atoms with Gasteiger partial charge in [0, 0.05) is 5.69 Å². The Kier molecular flexibility index (Phi) is 4.31. The van der Waals surface area contributed by atoms with Crippen molar-refractivity contribution in [2.45, 2.75) is 5.41 Å². The minimum absolute atomic E-state index is 0.419. The zero-order valence-electron chi connectivity index (χ0n) is 19.0. The fourth-order valence-electron chi connectivity index (χ4n) is 6.14. The van der Waals surface area contributed by atoms with Gasteiger partial charge in [0.15, 0.2) is 0 Å². The van der Waals surface area contributed by atoms with Crippen molar-refractivity contribution in [3.05, 3.63) is 144 Å². The second-order valence-corrected chi connectivity index (χ2v) is 9.18. The van der Waals surface area contributed by atoms with Crippen molar-refractivity contribution in [1.29, 1.82) is 0 Å². The topological polar surface area (TPSA) is 43.7 Å².